The Hall–Kier alpha value is -3.72. The molecular weight excluding hydrogens is 336 g/mol. The summed E-state index contributed by atoms with van der Waals surface area (Å²) in [5.74, 6) is -0.960. The molecule has 1 aliphatic carbocycles. The van der Waals surface area contributed by atoms with Crippen LogP contribution in [-0.2, 0) is 0 Å². The number of carbonyl (C=O) groups excluding carboxylic acids is 1. The van der Waals surface area contributed by atoms with Gasteiger partial charge in [-0.15, -0.1) is 0 Å². The van der Waals surface area contributed by atoms with Gasteiger partial charge in [-0.25, -0.2) is 4.79 Å². The fraction of sp³-hybridized carbons (Fsp3) is 0. The summed E-state index contributed by atoms with van der Waals surface area (Å²) in [6.07, 6.45) is 0. The number of hydrogen-bond donors (Lipinski definition) is 1. The van der Waals surface area contributed by atoms with Crippen molar-refractivity contribution in [1.82, 2.24) is 0 Å². The molecule has 3 nitrogen and oxygen atoms in total. The molecule has 0 saturated heterocycles. The lowest BCUT2D eigenvalue weighted by Gasteiger charge is -2.23. The second-order valence-corrected chi connectivity index (χ2v) is 6.62. The summed E-state index contributed by atoms with van der Waals surface area (Å²) in [6, 6.07) is 24.2. The average Bonchev–Trinajstić information content (AvgIpc) is 2.71. The van der Waals surface area contributed by atoms with Gasteiger partial charge in [-0.05, 0) is 33.7 Å². The molecule has 128 valence electrons. The summed E-state index contributed by atoms with van der Waals surface area (Å²) < 4.78 is 0. The maximum absolute atomic E-state index is 13.0. The van der Waals surface area contributed by atoms with Gasteiger partial charge in [0.1, 0.15) is 0 Å². The Morgan fingerprint density at radius 3 is 2.07 bits per heavy atom. The van der Waals surface area contributed by atoms with Crippen molar-refractivity contribution in [2.24, 2.45) is 0 Å². The third kappa shape index (κ3) is 2.15. The van der Waals surface area contributed by atoms with Crippen LogP contribution in [0.1, 0.15) is 26.3 Å². The summed E-state index contributed by atoms with van der Waals surface area (Å²) in [6.45, 7) is 0. The van der Waals surface area contributed by atoms with E-state index in [-0.39, 0.29) is 11.3 Å². The van der Waals surface area contributed by atoms with Crippen molar-refractivity contribution in [3.63, 3.8) is 0 Å². The van der Waals surface area contributed by atoms with Crippen LogP contribution in [0.3, 0.4) is 0 Å². The molecule has 0 fully saturated rings. The SMILES string of the molecule is O=C(O)c1ccccc1-c1ccc2cccc3c2c1-c1ccccc1C3=O. The highest BCUT2D eigenvalue weighted by Crippen LogP contribution is 2.45. The Kier molecular flexibility index (Phi) is 3.25. The zero-order valence-electron chi connectivity index (χ0n) is 14.3. The first-order chi connectivity index (χ1) is 13.2. The molecule has 3 heteroatoms. The summed E-state index contributed by atoms with van der Waals surface area (Å²) >= 11 is 0. The minimum atomic E-state index is -0.966. The number of carbonyl (C=O) groups is 2. The molecule has 0 heterocycles. The number of benzene rings is 4. The van der Waals surface area contributed by atoms with Crippen molar-refractivity contribution in [2.45, 2.75) is 0 Å². The van der Waals surface area contributed by atoms with Crippen molar-refractivity contribution in [1.29, 1.82) is 0 Å². The predicted octanol–water partition coefficient (Wildman–Crippen LogP) is 5.42. The molecule has 1 aliphatic rings. The van der Waals surface area contributed by atoms with E-state index in [0.717, 1.165) is 27.5 Å². The lowest BCUT2D eigenvalue weighted by molar-refractivity contribution is 0.0697. The van der Waals surface area contributed by atoms with E-state index in [2.05, 4.69) is 0 Å². The van der Waals surface area contributed by atoms with Crippen LogP contribution >= 0.6 is 0 Å². The van der Waals surface area contributed by atoms with Crippen LogP contribution in [0.4, 0.5) is 0 Å². The summed E-state index contributed by atoms with van der Waals surface area (Å²) in [5.41, 5.74) is 4.82. The molecule has 0 unspecified atom stereocenters. The summed E-state index contributed by atoms with van der Waals surface area (Å²) in [7, 11) is 0. The standard InChI is InChI=1S/C24H14O3/c25-23-18-9-3-2-8-16(18)22-17(15-7-1-4-10-19(15)24(26)27)13-12-14-6-5-11-20(23)21(14)22/h1-13H,(H,26,27). The van der Waals surface area contributed by atoms with E-state index >= 15 is 0 Å². The van der Waals surface area contributed by atoms with Crippen molar-refractivity contribution in [3.05, 3.63) is 95.6 Å². The second kappa shape index (κ2) is 5.64. The quantitative estimate of drug-likeness (QED) is 0.463. The molecule has 27 heavy (non-hydrogen) atoms. The Morgan fingerprint density at radius 1 is 0.630 bits per heavy atom. The van der Waals surface area contributed by atoms with E-state index in [1.807, 2.05) is 66.7 Å². The number of hydrogen-bond acceptors (Lipinski definition) is 2. The Morgan fingerprint density at radius 2 is 1.30 bits per heavy atom. The third-order valence-corrected chi connectivity index (χ3v) is 5.18. The lowest BCUT2D eigenvalue weighted by Crippen LogP contribution is -2.11. The highest BCUT2D eigenvalue weighted by atomic mass is 16.4. The van der Waals surface area contributed by atoms with Gasteiger partial charge < -0.3 is 5.11 Å². The minimum absolute atomic E-state index is 0.00682. The molecule has 0 bridgehead atoms. The van der Waals surface area contributed by atoms with Crippen LogP contribution in [0.15, 0.2) is 78.9 Å². The molecule has 4 aromatic rings. The Bertz CT molecular complexity index is 1270. The summed E-state index contributed by atoms with van der Waals surface area (Å²) in [4.78, 5) is 24.8. The van der Waals surface area contributed by atoms with Gasteiger partial charge in [0.2, 0.25) is 0 Å². The Labute approximate surface area is 155 Å². The van der Waals surface area contributed by atoms with Crippen molar-refractivity contribution < 1.29 is 14.7 Å². The van der Waals surface area contributed by atoms with Crippen LogP contribution in [-0.4, -0.2) is 16.9 Å². The van der Waals surface area contributed by atoms with Gasteiger partial charge in [-0.1, -0.05) is 72.8 Å². The number of ketones is 1. The second-order valence-electron chi connectivity index (χ2n) is 6.62. The normalized spacial score (nSPS) is 12.1. The van der Waals surface area contributed by atoms with E-state index in [9.17, 15) is 14.7 Å². The van der Waals surface area contributed by atoms with Gasteiger partial charge in [0, 0.05) is 16.5 Å². The van der Waals surface area contributed by atoms with Gasteiger partial charge >= 0.3 is 5.97 Å². The van der Waals surface area contributed by atoms with E-state index in [4.69, 9.17) is 0 Å². The average molecular weight is 350 g/mol. The molecule has 0 radical (unpaired) electrons. The first kappa shape index (κ1) is 15.5. The molecule has 0 saturated carbocycles. The van der Waals surface area contributed by atoms with Crippen LogP contribution in [0.5, 0.6) is 0 Å². The third-order valence-electron chi connectivity index (χ3n) is 5.18. The van der Waals surface area contributed by atoms with Gasteiger partial charge in [-0.3, -0.25) is 4.79 Å². The lowest BCUT2D eigenvalue weighted by atomic mass is 9.79. The predicted molar refractivity (Wildman–Crippen MR) is 105 cm³/mol. The minimum Gasteiger partial charge on any atom is -0.478 e. The van der Waals surface area contributed by atoms with Gasteiger partial charge in [0.25, 0.3) is 0 Å². The van der Waals surface area contributed by atoms with E-state index in [0.29, 0.717) is 16.7 Å². The van der Waals surface area contributed by atoms with E-state index in [1.165, 1.54) is 0 Å². The fourth-order valence-corrected chi connectivity index (χ4v) is 4.02. The van der Waals surface area contributed by atoms with E-state index in [1.54, 1.807) is 12.1 Å². The maximum atomic E-state index is 13.0. The number of fused-ring (bicyclic) bond motifs is 2. The number of carboxylic acid groups (broad SMARTS) is 1. The van der Waals surface area contributed by atoms with Crippen LogP contribution in [0, 0.1) is 0 Å². The zero-order chi connectivity index (χ0) is 18.5. The first-order valence-electron chi connectivity index (χ1n) is 8.69. The molecule has 0 spiro atoms. The van der Waals surface area contributed by atoms with Crippen molar-refractivity contribution >= 4 is 22.5 Å². The molecule has 5 rings (SSSR count). The van der Waals surface area contributed by atoms with Gasteiger partial charge in [0.05, 0.1) is 5.56 Å². The highest BCUT2D eigenvalue weighted by Gasteiger charge is 2.27. The molecule has 0 atom stereocenters. The fourth-order valence-electron chi connectivity index (χ4n) is 4.02. The first-order valence-corrected chi connectivity index (χ1v) is 8.69. The molecule has 0 aromatic heterocycles. The number of rotatable bonds is 2. The van der Waals surface area contributed by atoms with Crippen LogP contribution in [0.2, 0.25) is 0 Å². The molecular formula is C24H14O3. The monoisotopic (exact) mass is 350 g/mol. The zero-order valence-corrected chi connectivity index (χ0v) is 14.3. The van der Waals surface area contributed by atoms with E-state index < -0.39 is 5.97 Å². The van der Waals surface area contributed by atoms with Crippen molar-refractivity contribution in [3.8, 4) is 22.3 Å². The van der Waals surface area contributed by atoms with Crippen molar-refractivity contribution in [2.75, 3.05) is 0 Å². The maximum Gasteiger partial charge on any atom is 0.336 e. The number of carboxylic acids is 1. The Balaban J connectivity index is 1.98. The molecule has 4 aromatic carbocycles. The van der Waals surface area contributed by atoms with Crippen LogP contribution < -0.4 is 0 Å². The molecule has 0 aliphatic heterocycles. The molecule has 0 amide bonds. The smallest absolute Gasteiger partial charge is 0.336 e. The molecule has 1 N–H and O–H groups in total. The largest absolute Gasteiger partial charge is 0.478 e. The van der Waals surface area contributed by atoms with Gasteiger partial charge in [-0.2, -0.15) is 0 Å². The van der Waals surface area contributed by atoms with Crippen LogP contribution in [0.25, 0.3) is 33.0 Å². The summed E-state index contributed by atoms with van der Waals surface area (Å²) in [5, 5.41) is 11.5. The topological polar surface area (TPSA) is 54.4 Å². The highest BCUT2D eigenvalue weighted by molar-refractivity contribution is 6.27. The number of aromatic carboxylic acids is 1. The van der Waals surface area contributed by atoms with Gasteiger partial charge in [0.15, 0.2) is 5.78 Å².